The molecule has 11 heteroatoms. The molecule has 0 bridgehead atoms. The zero-order chi connectivity index (χ0) is 23.9. The first-order valence-electron chi connectivity index (χ1n) is 10.4. The number of hydrogen-bond acceptors (Lipinski definition) is 7. The molecule has 2 heterocycles. The van der Waals surface area contributed by atoms with Gasteiger partial charge in [-0.15, -0.1) is 0 Å². The first-order chi connectivity index (χ1) is 16.5. The molecular formula is C23H21N4O6P. The molecule has 1 aliphatic heterocycles. The predicted octanol–water partition coefficient (Wildman–Crippen LogP) is 2.76. The van der Waals surface area contributed by atoms with Gasteiger partial charge in [0.2, 0.25) is 8.61 Å². The quantitative estimate of drug-likeness (QED) is 0.405. The summed E-state index contributed by atoms with van der Waals surface area (Å²) in [5.74, 6) is -0.802. The van der Waals surface area contributed by atoms with Gasteiger partial charge in [-0.25, -0.2) is 14.3 Å². The molecule has 1 aromatic heterocycles. The number of anilines is 1. The Balaban J connectivity index is 1.42. The number of aromatic nitrogens is 2. The molecule has 1 aliphatic rings. The summed E-state index contributed by atoms with van der Waals surface area (Å²) >= 11 is 0. The summed E-state index contributed by atoms with van der Waals surface area (Å²) < 4.78 is 25.6. The van der Waals surface area contributed by atoms with Crippen LogP contribution in [0.1, 0.15) is 26.9 Å². The van der Waals surface area contributed by atoms with Gasteiger partial charge >= 0.3 is 11.7 Å². The van der Waals surface area contributed by atoms with E-state index in [2.05, 4.69) is 10.3 Å². The smallest absolute Gasteiger partial charge is 0.351 e. The Hall–Kier alpha value is -3.72. The zero-order valence-corrected chi connectivity index (χ0v) is 18.8. The van der Waals surface area contributed by atoms with Crippen molar-refractivity contribution < 1.29 is 23.6 Å². The molecule has 2 aromatic carbocycles. The number of carbonyl (C=O) groups is 2. The van der Waals surface area contributed by atoms with E-state index in [1.807, 2.05) is 0 Å². The topological polar surface area (TPSA) is 120 Å². The fraction of sp³-hybridized carbons (Fsp3) is 0.217. The number of morpholine rings is 1. The van der Waals surface area contributed by atoms with E-state index in [0.29, 0.717) is 11.1 Å². The fourth-order valence-corrected chi connectivity index (χ4v) is 3.87. The van der Waals surface area contributed by atoms with Gasteiger partial charge in [-0.2, -0.15) is 4.98 Å². The van der Waals surface area contributed by atoms with E-state index in [0.717, 1.165) is 0 Å². The Bertz CT molecular complexity index is 1220. The second-order valence-electron chi connectivity index (χ2n) is 7.45. The molecule has 2 atom stereocenters. The highest BCUT2D eigenvalue weighted by Gasteiger charge is 2.31. The lowest BCUT2D eigenvalue weighted by Crippen LogP contribution is -2.46. The number of amides is 1. The summed E-state index contributed by atoms with van der Waals surface area (Å²) in [5, 5.41) is 2.58. The average Bonchev–Trinajstić information content (AvgIpc) is 2.88. The maximum absolute atomic E-state index is 12.6. The largest absolute Gasteiger partial charge is 0.459 e. The van der Waals surface area contributed by atoms with Crippen molar-refractivity contribution in [3.63, 3.8) is 0 Å². The van der Waals surface area contributed by atoms with Crippen LogP contribution in [0.3, 0.4) is 0 Å². The highest BCUT2D eigenvalue weighted by Crippen LogP contribution is 2.23. The SMILES string of the molecule is O=PN1C[C@@H](COC(=O)c2ccccc2)O[C@@H](n2ccc(NC(=O)c3ccccc3)nc2=O)C1. The Morgan fingerprint density at radius 3 is 2.35 bits per heavy atom. The number of carbonyl (C=O) groups excluding carboxylic acids is 2. The van der Waals surface area contributed by atoms with Crippen LogP contribution in [-0.2, 0) is 14.0 Å². The van der Waals surface area contributed by atoms with E-state index in [1.165, 1.54) is 21.5 Å². The summed E-state index contributed by atoms with van der Waals surface area (Å²) in [4.78, 5) is 41.1. The highest BCUT2D eigenvalue weighted by atomic mass is 31.1. The minimum absolute atomic E-state index is 0.0797. The minimum Gasteiger partial charge on any atom is -0.459 e. The summed E-state index contributed by atoms with van der Waals surface area (Å²) in [7, 11) is -0.248. The molecule has 174 valence electrons. The Labute approximate surface area is 196 Å². The van der Waals surface area contributed by atoms with Crippen molar-refractivity contribution in [2.24, 2.45) is 0 Å². The molecule has 3 aromatic rings. The lowest BCUT2D eigenvalue weighted by atomic mass is 10.2. The maximum Gasteiger partial charge on any atom is 0.351 e. The van der Waals surface area contributed by atoms with Crippen molar-refractivity contribution >= 4 is 26.3 Å². The van der Waals surface area contributed by atoms with Crippen LogP contribution < -0.4 is 11.0 Å². The van der Waals surface area contributed by atoms with Crippen LogP contribution in [0.2, 0.25) is 0 Å². The van der Waals surface area contributed by atoms with E-state index < -0.39 is 29.9 Å². The van der Waals surface area contributed by atoms with Crippen molar-refractivity contribution in [1.29, 1.82) is 0 Å². The molecule has 1 amide bonds. The summed E-state index contributed by atoms with van der Waals surface area (Å²) in [6.45, 7) is 0.326. The molecule has 1 N–H and O–H groups in total. The predicted molar refractivity (Wildman–Crippen MR) is 123 cm³/mol. The van der Waals surface area contributed by atoms with Gasteiger partial charge in [0.25, 0.3) is 5.91 Å². The summed E-state index contributed by atoms with van der Waals surface area (Å²) in [6, 6.07) is 18.6. The van der Waals surface area contributed by atoms with Gasteiger partial charge in [0.1, 0.15) is 18.5 Å². The first kappa shape index (κ1) is 23.4. The van der Waals surface area contributed by atoms with E-state index in [1.54, 1.807) is 60.7 Å². The number of rotatable bonds is 7. The van der Waals surface area contributed by atoms with Crippen molar-refractivity contribution in [2.75, 3.05) is 25.0 Å². The van der Waals surface area contributed by atoms with E-state index >= 15 is 0 Å². The molecule has 1 saturated heterocycles. The van der Waals surface area contributed by atoms with Crippen LogP contribution in [0.4, 0.5) is 5.82 Å². The van der Waals surface area contributed by atoms with Crippen molar-refractivity contribution in [1.82, 2.24) is 14.2 Å². The number of hydrogen-bond donors (Lipinski definition) is 1. The second kappa shape index (κ2) is 10.9. The van der Waals surface area contributed by atoms with E-state index in [9.17, 15) is 18.9 Å². The van der Waals surface area contributed by atoms with Gasteiger partial charge < -0.3 is 14.8 Å². The lowest BCUT2D eigenvalue weighted by molar-refractivity contribution is -0.119. The average molecular weight is 480 g/mol. The normalized spacial score (nSPS) is 18.4. The molecule has 0 unspecified atom stereocenters. The van der Waals surface area contributed by atoms with Crippen LogP contribution in [0, 0.1) is 0 Å². The second-order valence-corrected chi connectivity index (χ2v) is 8.18. The van der Waals surface area contributed by atoms with Crippen LogP contribution in [0.5, 0.6) is 0 Å². The van der Waals surface area contributed by atoms with Crippen LogP contribution >= 0.6 is 8.61 Å². The van der Waals surface area contributed by atoms with E-state index in [4.69, 9.17) is 9.47 Å². The van der Waals surface area contributed by atoms with Gasteiger partial charge in [-0.05, 0) is 30.3 Å². The summed E-state index contributed by atoms with van der Waals surface area (Å²) in [6.07, 6.45) is 0.0190. The molecule has 10 nitrogen and oxygen atoms in total. The van der Waals surface area contributed by atoms with Gasteiger partial charge in [0.05, 0.1) is 12.1 Å². The number of esters is 1. The molecule has 1 fully saturated rings. The minimum atomic E-state index is -0.811. The third kappa shape index (κ3) is 5.79. The summed E-state index contributed by atoms with van der Waals surface area (Å²) in [5.41, 5.74) is 0.185. The third-order valence-corrected chi connectivity index (χ3v) is 5.63. The highest BCUT2D eigenvalue weighted by molar-refractivity contribution is 7.20. The zero-order valence-electron chi connectivity index (χ0n) is 17.9. The Morgan fingerprint density at radius 1 is 1.03 bits per heavy atom. The van der Waals surface area contributed by atoms with Crippen LogP contribution in [-0.4, -0.2) is 51.9 Å². The molecule has 34 heavy (non-hydrogen) atoms. The van der Waals surface area contributed by atoms with Crippen molar-refractivity contribution in [2.45, 2.75) is 12.3 Å². The van der Waals surface area contributed by atoms with Crippen molar-refractivity contribution in [3.8, 4) is 0 Å². The third-order valence-electron chi connectivity index (χ3n) is 5.07. The molecule has 0 aliphatic carbocycles. The standard InChI is InChI=1S/C23H21N4O6P/c28-21(16-7-3-1-4-8-16)24-19-11-12-27(23(30)25-19)20-14-26(34-31)13-18(33-20)15-32-22(29)17-9-5-2-6-10-17/h1-12,18,20H,13-15H2,(H,24,25,28,30)/t18-,20+/m0/s1. The van der Waals surface area contributed by atoms with E-state index in [-0.39, 0.29) is 34.1 Å². The van der Waals surface area contributed by atoms with Gasteiger partial charge in [0, 0.05) is 18.3 Å². The first-order valence-corrected chi connectivity index (χ1v) is 11.2. The van der Waals surface area contributed by atoms with Gasteiger partial charge in [0.15, 0.2) is 6.23 Å². The molecule has 4 rings (SSSR count). The molecular weight excluding hydrogens is 459 g/mol. The number of benzene rings is 2. The monoisotopic (exact) mass is 480 g/mol. The molecule has 0 radical (unpaired) electrons. The molecule has 0 spiro atoms. The van der Waals surface area contributed by atoms with Crippen LogP contribution in [0.15, 0.2) is 77.7 Å². The Kier molecular flexibility index (Phi) is 7.54. The molecule has 0 saturated carbocycles. The number of ether oxygens (including phenoxy) is 2. The fourth-order valence-electron chi connectivity index (χ4n) is 3.42. The van der Waals surface area contributed by atoms with Crippen molar-refractivity contribution in [3.05, 3.63) is 94.5 Å². The lowest BCUT2D eigenvalue weighted by Gasteiger charge is -2.34. The van der Waals surface area contributed by atoms with Gasteiger partial charge in [-0.3, -0.25) is 13.9 Å². The van der Waals surface area contributed by atoms with Gasteiger partial charge in [-0.1, -0.05) is 36.4 Å². The van der Waals surface area contributed by atoms with Crippen LogP contribution in [0.25, 0.3) is 0 Å². The number of nitrogens with one attached hydrogen (secondary N) is 1. The Morgan fingerprint density at radius 2 is 1.71 bits per heavy atom. The maximum atomic E-state index is 12.6. The number of nitrogens with zero attached hydrogens (tertiary/aromatic N) is 3.